The number of carboxylic acids is 1. The predicted molar refractivity (Wildman–Crippen MR) is 71.1 cm³/mol. The standard InChI is InChI=1S/C11H10ClN3O3S/c1-2-15-10(18)13-14-11(15)19-6-3-4-7(9(16)17)8(12)5-6/h3-5H,2H2,1H3,(H,13,18)(H,16,17). The van der Waals surface area contributed by atoms with E-state index in [9.17, 15) is 9.59 Å². The minimum atomic E-state index is -1.08. The zero-order chi connectivity index (χ0) is 14.0. The first-order valence-corrected chi connectivity index (χ1v) is 6.58. The number of hydrogen-bond donors (Lipinski definition) is 2. The van der Waals surface area contributed by atoms with Gasteiger partial charge in [-0.2, -0.15) is 0 Å². The Balaban J connectivity index is 2.31. The number of hydrogen-bond acceptors (Lipinski definition) is 4. The van der Waals surface area contributed by atoms with Crippen molar-refractivity contribution in [2.75, 3.05) is 0 Å². The number of aromatic amines is 1. The minimum Gasteiger partial charge on any atom is -0.478 e. The SMILES string of the molecule is CCn1c(Sc2ccc(C(=O)O)c(Cl)c2)n[nH]c1=O. The van der Waals surface area contributed by atoms with Crippen molar-refractivity contribution in [3.8, 4) is 0 Å². The summed E-state index contributed by atoms with van der Waals surface area (Å²) in [5.41, 5.74) is -0.237. The zero-order valence-corrected chi connectivity index (χ0v) is 11.5. The van der Waals surface area contributed by atoms with Gasteiger partial charge >= 0.3 is 11.7 Å². The average Bonchev–Trinajstić information content (AvgIpc) is 2.69. The van der Waals surface area contributed by atoms with Gasteiger partial charge in [0.2, 0.25) is 0 Å². The van der Waals surface area contributed by atoms with E-state index in [1.807, 2.05) is 6.92 Å². The van der Waals surface area contributed by atoms with Gasteiger partial charge < -0.3 is 5.11 Å². The number of halogens is 1. The lowest BCUT2D eigenvalue weighted by atomic mass is 10.2. The summed E-state index contributed by atoms with van der Waals surface area (Å²) in [6.07, 6.45) is 0. The highest BCUT2D eigenvalue weighted by molar-refractivity contribution is 7.99. The Labute approximate surface area is 117 Å². The van der Waals surface area contributed by atoms with Gasteiger partial charge in [0.25, 0.3) is 0 Å². The molecule has 0 bridgehead atoms. The maximum absolute atomic E-state index is 11.4. The lowest BCUT2D eigenvalue weighted by molar-refractivity contribution is 0.0697. The van der Waals surface area contributed by atoms with Gasteiger partial charge in [0.05, 0.1) is 10.6 Å². The van der Waals surface area contributed by atoms with E-state index < -0.39 is 5.97 Å². The van der Waals surface area contributed by atoms with Gasteiger partial charge in [-0.3, -0.25) is 4.57 Å². The van der Waals surface area contributed by atoms with Gasteiger partial charge in [-0.1, -0.05) is 11.6 Å². The highest BCUT2D eigenvalue weighted by atomic mass is 35.5. The van der Waals surface area contributed by atoms with E-state index in [0.717, 1.165) is 0 Å². The van der Waals surface area contributed by atoms with Crippen molar-refractivity contribution in [1.29, 1.82) is 0 Å². The van der Waals surface area contributed by atoms with Crippen LogP contribution in [0.25, 0.3) is 0 Å². The maximum atomic E-state index is 11.4. The number of benzene rings is 1. The van der Waals surface area contributed by atoms with Crippen LogP contribution in [0.3, 0.4) is 0 Å². The summed E-state index contributed by atoms with van der Waals surface area (Å²) in [4.78, 5) is 23.0. The number of nitrogens with one attached hydrogen (secondary N) is 1. The number of aromatic carboxylic acids is 1. The third kappa shape index (κ3) is 2.82. The van der Waals surface area contributed by atoms with Crippen LogP contribution in [0.2, 0.25) is 5.02 Å². The van der Waals surface area contributed by atoms with Crippen molar-refractivity contribution in [1.82, 2.24) is 14.8 Å². The quantitative estimate of drug-likeness (QED) is 0.902. The van der Waals surface area contributed by atoms with Gasteiger partial charge in [-0.15, -0.1) is 5.10 Å². The van der Waals surface area contributed by atoms with Crippen LogP contribution in [-0.2, 0) is 6.54 Å². The van der Waals surface area contributed by atoms with Gasteiger partial charge in [0.1, 0.15) is 0 Å². The topological polar surface area (TPSA) is 88.0 Å². The van der Waals surface area contributed by atoms with Crippen LogP contribution < -0.4 is 5.69 Å². The molecule has 0 amide bonds. The van der Waals surface area contributed by atoms with E-state index >= 15 is 0 Å². The van der Waals surface area contributed by atoms with E-state index in [1.54, 1.807) is 6.07 Å². The van der Waals surface area contributed by atoms with Crippen LogP contribution >= 0.6 is 23.4 Å². The molecule has 0 radical (unpaired) electrons. The second kappa shape index (κ2) is 5.50. The number of aromatic nitrogens is 3. The van der Waals surface area contributed by atoms with E-state index in [2.05, 4.69) is 10.2 Å². The van der Waals surface area contributed by atoms with Gasteiger partial charge in [-0.25, -0.2) is 14.7 Å². The number of nitrogens with zero attached hydrogens (tertiary/aromatic N) is 2. The second-order valence-corrected chi connectivity index (χ2v) is 5.05. The van der Waals surface area contributed by atoms with Crippen LogP contribution in [-0.4, -0.2) is 25.8 Å². The fraction of sp³-hybridized carbons (Fsp3) is 0.182. The Hall–Kier alpha value is -1.73. The van der Waals surface area contributed by atoms with E-state index in [1.165, 1.54) is 28.5 Å². The number of H-pyrrole nitrogens is 1. The molecule has 0 aliphatic carbocycles. The molecule has 2 rings (SSSR count). The van der Waals surface area contributed by atoms with Crippen molar-refractivity contribution in [2.24, 2.45) is 0 Å². The Morgan fingerprint density at radius 1 is 1.58 bits per heavy atom. The van der Waals surface area contributed by atoms with E-state index in [0.29, 0.717) is 16.6 Å². The fourth-order valence-electron chi connectivity index (χ4n) is 1.50. The lowest BCUT2D eigenvalue weighted by Gasteiger charge is -2.04. The molecule has 0 atom stereocenters. The summed E-state index contributed by atoms with van der Waals surface area (Å²) < 4.78 is 1.48. The molecule has 0 saturated heterocycles. The Bertz CT molecular complexity index is 680. The normalized spacial score (nSPS) is 10.6. The molecule has 0 aliphatic heterocycles. The lowest BCUT2D eigenvalue weighted by Crippen LogP contribution is -2.15. The molecular weight excluding hydrogens is 290 g/mol. The molecule has 2 N–H and O–H groups in total. The van der Waals surface area contributed by atoms with Crippen LogP contribution in [0.15, 0.2) is 33.0 Å². The largest absolute Gasteiger partial charge is 0.478 e. The van der Waals surface area contributed by atoms with Crippen molar-refractivity contribution >= 4 is 29.3 Å². The van der Waals surface area contributed by atoms with Gasteiger partial charge in [0.15, 0.2) is 5.16 Å². The van der Waals surface area contributed by atoms with Crippen LogP contribution in [0.4, 0.5) is 0 Å². The molecule has 1 aromatic carbocycles. The summed E-state index contributed by atoms with van der Waals surface area (Å²) in [5.74, 6) is -1.08. The van der Waals surface area contributed by atoms with Gasteiger partial charge in [-0.05, 0) is 36.9 Å². The highest BCUT2D eigenvalue weighted by Crippen LogP contribution is 2.29. The zero-order valence-electron chi connectivity index (χ0n) is 9.88. The molecule has 6 nitrogen and oxygen atoms in total. The first kappa shape index (κ1) is 13.7. The summed E-state index contributed by atoms with van der Waals surface area (Å²) in [5, 5.41) is 15.8. The number of rotatable bonds is 4. The molecule has 8 heteroatoms. The molecule has 0 saturated carbocycles. The molecule has 0 fully saturated rings. The van der Waals surface area contributed by atoms with Crippen LogP contribution in [0, 0.1) is 0 Å². The maximum Gasteiger partial charge on any atom is 0.343 e. The van der Waals surface area contributed by atoms with Crippen molar-refractivity contribution < 1.29 is 9.90 Å². The molecule has 1 aromatic heterocycles. The smallest absolute Gasteiger partial charge is 0.343 e. The first-order chi connectivity index (χ1) is 9.02. The minimum absolute atomic E-state index is 0.0425. The molecule has 0 aliphatic rings. The number of carbonyl (C=O) groups is 1. The molecule has 0 spiro atoms. The third-order valence-corrected chi connectivity index (χ3v) is 3.72. The molecule has 1 heterocycles. The van der Waals surface area contributed by atoms with E-state index in [-0.39, 0.29) is 16.3 Å². The van der Waals surface area contributed by atoms with Crippen LogP contribution in [0.1, 0.15) is 17.3 Å². The molecule has 19 heavy (non-hydrogen) atoms. The first-order valence-electron chi connectivity index (χ1n) is 5.38. The molecule has 0 unspecified atom stereocenters. The third-order valence-electron chi connectivity index (χ3n) is 2.42. The van der Waals surface area contributed by atoms with Crippen molar-refractivity contribution in [3.05, 3.63) is 39.3 Å². The van der Waals surface area contributed by atoms with Crippen LogP contribution in [0.5, 0.6) is 0 Å². The summed E-state index contributed by atoms with van der Waals surface area (Å²) >= 11 is 7.12. The fourth-order valence-corrected chi connectivity index (χ4v) is 2.76. The van der Waals surface area contributed by atoms with Crippen molar-refractivity contribution in [2.45, 2.75) is 23.5 Å². The Morgan fingerprint density at radius 2 is 2.32 bits per heavy atom. The monoisotopic (exact) mass is 299 g/mol. The summed E-state index contributed by atoms with van der Waals surface area (Å²) in [6, 6.07) is 4.59. The van der Waals surface area contributed by atoms with E-state index in [4.69, 9.17) is 16.7 Å². The van der Waals surface area contributed by atoms with Gasteiger partial charge in [0, 0.05) is 11.4 Å². The predicted octanol–water partition coefficient (Wildman–Crippen LogP) is 2.09. The highest BCUT2D eigenvalue weighted by Gasteiger charge is 2.12. The molecular formula is C11H10ClN3O3S. The molecule has 100 valence electrons. The average molecular weight is 300 g/mol. The summed E-state index contributed by atoms with van der Waals surface area (Å²) in [6.45, 7) is 2.33. The Kier molecular flexibility index (Phi) is 3.96. The van der Waals surface area contributed by atoms with Crippen molar-refractivity contribution in [3.63, 3.8) is 0 Å². The Morgan fingerprint density at radius 3 is 2.89 bits per heavy atom. The second-order valence-electron chi connectivity index (χ2n) is 3.60. The number of carboxylic acid groups (broad SMARTS) is 1. The summed E-state index contributed by atoms with van der Waals surface area (Å²) in [7, 11) is 0. The molecule has 2 aromatic rings.